The number of halogens is 1. The summed E-state index contributed by atoms with van der Waals surface area (Å²) in [5.41, 5.74) is 9.31. The number of pyridine rings is 1. The molecule has 9 heteroatoms. The van der Waals surface area contributed by atoms with Crippen LogP contribution in [-0.2, 0) is 10.8 Å². The second-order valence-corrected chi connectivity index (χ2v) is 7.84. The number of aromatic nitrogens is 3. The number of nitrogens with two attached hydrogens (primary N) is 1. The van der Waals surface area contributed by atoms with Crippen molar-refractivity contribution >= 4 is 39.9 Å². The molecular formula is C19H21ClN6OS. The third-order valence-electron chi connectivity index (χ3n) is 4.08. The molecule has 1 atom stereocenters. The Hall–Kier alpha value is -2.71. The van der Waals surface area contributed by atoms with Crippen molar-refractivity contribution < 1.29 is 4.21 Å². The van der Waals surface area contributed by atoms with E-state index in [0.717, 1.165) is 22.5 Å². The minimum atomic E-state index is -1.08. The van der Waals surface area contributed by atoms with E-state index in [0.29, 0.717) is 29.0 Å². The van der Waals surface area contributed by atoms with Crippen molar-refractivity contribution in [3.63, 3.8) is 0 Å². The molecule has 0 saturated heterocycles. The van der Waals surface area contributed by atoms with Crippen LogP contribution in [-0.4, -0.2) is 38.5 Å². The Morgan fingerprint density at radius 2 is 1.93 bits per heavy atom. The second-order valence-electron chi connectivity index (χ2n) is 6.10. The number of nitrogen functional groups attached to an aromatic ring is 1. The van der Waals surface area contributed by atoms with Gasteiger partial charge in [-0.1, -0.05) is 23.7 Å². The molecule has 3 aromatic rings. The third kappa shape index (κ3) is 4.96. The van der Waals surface area contributed by atoms with Gasteiger partial charge in [0.05, 0.1) is 28.4 Å². The Morgan fingerprint density at radius 3 is 2.64 bits per heavy atom. The predicted molar refractivity (Wildman–Crippen MR) is 115 cm³/mol. The van der Waals surface area contributed by atoms with Crippen LogP contribution < -0.4 is 16.4 Å². The molecule has 0 aliphatic carbocycles. The Bertz CT molecular complexity index is 996. The topological polar surface area (TPSA) is 106 Å². The van der Waals surface area contributed by atoms with E-state index in [2.05, 4.69) is 25.6 Å². The molecule has 0 fully saturated rings. The maximum atomic E-state index is 11.4. The normalized spacial score (nSPS) is 11.8. The highest BCUT2D eigenvalue weighted by Crippen LogP contribution is 2.28. The average Bonchev–Trinajstić information content (AvgIpc) is 2.67. The Morgan fingerprint density at radius 1 is 1.14 bits per heavy atom. The van der Waals surface area contributed by atoms with E-state index in [4.69, 9.17) is 17.3 Å². The van der Waals surface area contributed by atoms with Crippen LogP contribution in [0.2, 0.25) is 5.02 Å². The lowest BCUT2D eigenvalue weighted by molar-refractivity contribution is 0.684. The molecule has 28 heavy (non-hydrogen) atoms. The molecule has 146 valence electrons. The summed E-state index contributed by atoms with van der Waals surface area (Å²) in [4.78, 5) is 12.7. The molecule has 4 N–H and O–H groups in total. The summed E-state index contributed by atoms with van der Waals surface area (Å²) in [5.74, 6) is 0.832. The molecule has 2 aromatic heterocycles. The summed E-state index contributed by atoms with van der Waals surface area (Å²) in [6.45, 7) is 3.21. The molecule has 0 aliphatic heterocycles. The number of hydrogen-bond donors (Lipinski definition) is 3. The minimum absolute atomic E-state index is 0.194. The van der Waals surface area contributed by atoms with Crippen LogP contribution in [0.5, 0.6) is 0 Å². The van der Waals surface area contributed by atoms with Crippen LogP contribution in [0.25, 0.3) is 11.3 Å². The van der Waals surface area contributed by atoms with Crippen molar-refractivity contribution in [2.45, 2.75) is 11.9 Å². The van der Waals surface area contributed by atoms with Crippen LogP contribution in [0.3, 0.4) is 0 Å². The lowest BCUT2D eigenvalue weighted by atomic mass is 10.1. The van der Waals surface area contributed by atoms with Gasteiger partial charge in [0, 0.05) is 36.0 Å². The van der Waals surface area contributed by atoms with Crippen LogP contribution in [0, 0.1) is 6.92 Å². The summed E-state index contributed by atoms with van der Waals surface area (Å²) in [6, 6.07) is 11.1. The predicted octanol–water partition coefficient (Wildman–Crippen LogP) is 3.34. The summed E-state index contributed by atoms with van der Waals surface area (Å²) in [7, 11) is -1.08. The maximum absolute atomic E-state index is 11.4. The largest absolute Gasteiger partial charge is 0.382 e. The molecule has 1 unspecified atom stereocenters. The Kier molecular flexibility index (Phi) is 6.43. The standard InChI is InChI=1S/C19H21ClN6OS/c1-12-14(4-3-5-15(12)20)16-10-17(26-19(21)25-16)23-9-8-22-13-6-7-18(24-11-13)28(2)27/h3-7,10-11,22H,8-9H2,1-2H3,(H3,21,23,25,26). The smallest absolute Gasteiger partial charge is 0.222 e. The average molecular weight is 417 g/mol. The zero-order valence-corrected chi connectivity index (χ0v) is 17.1. The highest BCUT2D eigenvalue weighted by molar-refractivity contribution is 7.84. The lowest BCUT2D eigenvalue weighted by Crippen LogP contribution is -2.15. The first-order valence-electron chi connectivity index (χ1n) is 8.61. The maximum Gasteiger partial charge on any atom is 0.222 e. The molecular weight excluding hydrogens is 396 g/mol. The van der Waals surface area contributed by atoms with Gasteiger partial charge in [0.2, 0.25) is 5.95 Å². The third-order valence-corrected chi connectivity index (χ3v) is 5.32. The zero-order valence-electron chi connectivity index (χ0n) is 15.6. The van der Waals surface area contributed by atoms with Gasteiger partial charge in [-0.2, -0.15) is 4.98 Å². The Labute approximate surface area is 171 Å². The molecule has 0 spiro atoms. The molecule has 0 radical (unpaired) electrons. The number of anilines is 3. The van der Waals surface area contributed by atoms with Crippen LogP contribution in [0.15, 0.2) is 47.6 Å². The van der Waals surface area contributed by atoms with Crippen molar-refractivity contribution in [3.8, 4) is 11.3 Å². The van der Waals surface area contributed by atoms with Gasteiger partial charge in [0.1, 0.15) is 10.8 Å². The van der Waals surface area contributed by atoms with Gasteiger partial charge in [-0.3, -0.25) is 4.21 Å². The highest BCUT2D eigenvalue weighted by atomic mass is 35.5. The number of nitrogens with one attached hydrogen (secondary N) is 2. The quantitative estimate of drug-likeness (QED) is 0.507. The number of rotatable bonds is 7. The lowest BCUT2D eigenvalue weighted by Gasteiger charge is -2.11. The highest BCUT2D eigenvalue weighted by Gasteiger charge is 2.09. The van der Waals surface area contributed by atoms with Crippen LogP contribution in [0.4, 0.5) is 17.5 Å². The summed E-state index contributed by atoms with van der Waals surface area (Å²) in [5, 5.41) is 7.72. The van der Waals surface area contributed by atoms with Gasteiger partial charge in [-0.15, -0.1) is 0 Å². The fraction of sp³-hybridized carbons (Fsp3) is 0.211. The first-order chi connectivity index (χ1) is 13.4. The monoisotopic (exact) mass is 416 g/mol. The van der Waals surface area contributed by atoms with Gasteiger partial charge >= 0.3 is 0 Å². The SMILES string of the molecule is Cc1c(Cl)cccc1-c1cc(NCCNc2ccc(S(C)=O)nc2)nc(N)n1. The second kappa shape index (κ2) is 8.99. The molecule has 3 rings (SSSR count). The van der Waals surface area contributed by atoms with E-state index >= 15 is 0 Å². The van der Waals surface area contributed by atoms with Crippen molar-refractivity contribution in [2.24, 2.45) is 0 Å². The van der Waals surface area contributed by atoms with E-state index in [1.54, 1.807) is 18.5 Å². The van der Waals surface area contributed by atoms with Gasteiger partial charge in [-0.05, 0) is 30.7 Å². The number of nitrogens with zero attached hydrogens (tertiary/aromatic N) is 3. The van der Waals surface area contributed by atoms with Crippen molar-refractivity contribution in [1.82, 2.24) is 15.0 Å². The zero-order chi connectivity index (χ0) is 20.1. The van der Waals surface area contributed by atoms with Crippen LogP contribution >= 0.6 is 11.6 Å². The summed E-state index contributed by atoms with van der Waals surface area (Å²) < 4.78 is 11.4. The fourth-order valence-electron chi connectivity index (χ4n) is 2.63. The van der Waals surface area contributed by atoms with Crippen LogP contribution in [0.1, 0.15) is 5.56 Å². The molecule has 2 heterocycles. The van der Waals surface area contributed by atoms with Crippen molar-refractivity contribution in [3.05, 3.63) is 53.2 Å². The fourth-order valence-corrected chi connectivity index (χ4v) is 3.27. The van der Waals surface area contributed by atoms with Crippen molar-refractivity contribution in [1.29, 1.82) is 0 Å². The number of benzene rings is 1. The van der Waals surface area contributed by atoms with E-state index in [1.807, 2.05) is 37.3 Å². The molecule has 1 aromatic carbocycles. The van der Waals surface area contributed by atoms with Gasteiger partial charge in [0.25, 0.3) is 0 Å². The number of hydrogen-bond acceptors (Lipinski definition) is 7. The minimum Gasteiger partial charge on any atom is -0.382 e. The Balaban J connectivity index is 1.62. The molecule has 7 nitrogen and oxygen atoms in total. The van der Waals surface area contributed by atoms with E-state index in [1.165, 1.54) is 0 Å². The first kappa shape index (κ1) is 20.0. The van der Waals surface area contributed by atoms with Gasteiger partial charge < -0.3 is 16.4 Å². The van der Waals surface area contributed by atoms with Gasteiger partial charge in [0.15, 0.2) is 0 Å². The molecule has 0 bridgehead atoms. The molecule has 0 saturated carbocycles. The van der Waals surface area contributed by atoms with E-state index in [9.17, 15) is 4.21 Å². The molecule has 0 aliphatic rings. The van der Waals surface area contributed by atoms with Gasteiger partial charge in [-0.25, -0.2) is 9.97 Å². The molecule has 0 amide bonds. The summed E-state index contributed by atoms with van der Waals surface area (Å²) >= 11 is 6.21. The van der Waals surface area contributed by atoms with Crippen molar-refractivity contribution in [2.75, 3.05) is 35.7 Å². The van der Waals surface area contributed by atoms with E-state index in [-0.39, 0.29) is 5.95 Å². The first-order valence-corrected chi connectivity index (χ1v) is 10.5. The summed E-state index contributed by atoms with van der Waals surface area (Å²) in [6.07, 6.45) is 3.27. The van der Waals surface area contributed by atoms with E-state index < -0.39 is 10.8 Å².